The second-order valence-corrected chi connectivity index (χ2v) is 8.01. The fraction of sp³-hybridized carbons (Fsp3) is 0.120. The van der Waals surface area contributed by atoms with Gasteiger partial charge in [-0.3, -0.25) is 0 Å². The fourth-order valence-corrected chi connectivity index (χ4v) is 4.84. The van der Waals surface area contributed by atoms with Gasteiger partial charge in [0, 0.05) is 0 Å². The van der Waals surface area contributed by atoms with Crippen LogP contribution in [0.2, 0.25) is 0 Å². The Morgan fingerprint density at radius 3 is 1.38 bits per heavy atom. The molecule has 0 heterocycles. The van der Waals surface area contributed by atoms with E-state index < -0.39 is 7.92 Å². The molecule has 1 heteroatoms. The minimum absolute atomic E-state index is 0.446. The molecule has 0 bridgehead atoms. The second-order valence-electron chi connectivity index (χ2n) is 5.79. The summed E-state index contributed by atoms with van der Waals surface area (Å²) in [7, 11) is -0.446. The van der Waals surface area contributed by atoms with Gasteiger partial charge in [-0.05, 0) is 30.3 Å². The Morgan fingerprint density at radius 1 is 0.692 bits per heavy atom. The van der Waals surface area contributed by atoms with Crippen molar-refractivity contribution in [2.75, 3.05) is 0 Å². The molecule has 0 atom stereocenters. The van der Waals surface area contributed by atoms with E-state index in [0.29, 0.717) is 0 Å². The Balaban J connectivity index is 0.000000298. The molecular weight excluding hydrogens is 331 g/mol. The molecule has 0 nitrogen and oxygen atoms in total. The first-order chi connectivity index (χ1) is 12.9. The lowest BCUT2D eigenvalue weighted by Crippen LogP contribution is -2.20. The first-order valence-electron chi connectivity index (χ1n) is 9.09. The zero-order valence-corrected chi connectivity index (χ0v) is 16.4. The molecule has 3 aromatic carbocycles. The van der Waals surface area contributed by atoms with Crippen LogP contribution in [0, 0.1) is 0 Å². The highest BCUT2D eigenvalue weighted by Crippen LogP contribution is 2.32. The van der Waals surface area contributed by atoms with Crippen LogP contribution in [0.1, 0.15) is 19.8 Å². The Morgan fingerprint density at radius 2 is 1.08 bits per heavy atom. The number of unbranched alkanes of at least 4 members (excludes halogenated alkanes) is 1. The topological polar surface area (TPSA) is 0 Å². The zero-order chi connectivity index (χ0) is 18.5. The lowest BCUT2D eigenvalue weighted by Gasteiger charge is -2.18. The first-order valence-corrected chi connectivity index (χ1v) is 10.4. The summed E-state index contributed by atoms with van der Waals surface area (Å²) in [6.45, 7) is 5.71. The molecule has 26 heavy (non-hydrogen) atoms. The third-order valence-electron chi connectivity index (χ3n) is 3.77. The van der Waals surface area contributed by atoms with Crippen molar-refractivity contribution in [2.45, 2.75) is 19.8 Å². The highest BCUT2D eigenvalue weighted by molar-refractivity contribution is 7.79. The van der Waals surface area contributed by atoms with E-state index in [-0.39, 0.29) is 0 Å². The monoisotopic (exact) mass is 358 g/mol. The van der Waals surface area contributed by atoms with Crippen LogP contribution in [0.3, 0.4) is 0 Å². The summed E-state index contributed by atoms with van der Waals surface area (Å²) < 4.78 is 0. The molecule has 0 amide bonds. The molecule has 0 N–H and O–H groups in total. The Bertz CT molecular complexity index is 667. The van der Waals surface area contributed by atoms with Gasteiger partial charge in [0.2, 0.25) is 0 Å². The summed E-state index contributed by atoms with van der Waals surface area (Å²) in [6, 6.07) is 32.3. The van der Waals surface area contributed by atoms with Crippen LogP contribution in [0.25, 0.3) is 0 Å². The van der Waals surface area contributed by atoms with Crippen molar-refractivity contribution in [3.8, 4) is 0 Å². The van der Waals surface area contributed by atoms with Gasteiger partial charge in [-0.1, -0.05) is 129 Å². The number of hydrogen-bond acceptors (Lipinski definition) is 0. The van der Waals surface area contributed by atoms with Gasteiger partial charge >= 0.3 is 0 Å². The molecule has 0 saturated carbocycles. The molecule has 0 spiro atoms. The van der Waals surface area contributed by atoms with Gasteiger partial charge in [0.05, 0.1) is 0 Å². The van der Waals surface area contributed by atoms with E-state index in [1.54, 1.807) is 6.08 Å². The van der Waals surface area contributed by atoms with Crippen molar-refractivity contribution < 1.29 is 0 Å². The summed E-state index contributed by atoms with van der Waals surface area (Å²) >= 11 is 0. The second kappa shape index (κ2) is 12.0. The minimum Gasteiger partial charge on any atom is -0.0991 e. The lowest BCUT2D eigenvalue weighted by molar-refractivity contribution is 0.959. The molecule has 3 aromatic rings. The number of hydrogen-bond donors (Lipinski definition) is 0. The normalized spacial score (nSPS) is 10.4. The van der Waals surface area contributed by atoms with Crippen LogP contribution >= 0.6 is 7.92 Å². The van der Waals surface area contributed by atoms with Gasteiger partial charge in [-0.25, -0.2) is 0 Å². The fourth-order valence-electron chi connectivity index (χ4n) is 2.54. The Labute approximate surface area is 159 Å². The van der Waals surface area contributed by atoms with Gasteiger partial charge in [0.25, 0.3) is 0 Å². The molecule has 0 radical (unpaired) electrons. The van der Waals surface area contributed by atoms with Gasteiger partial charge in [0.1, 0.15) is 0 Å². The van der Waals surface area contributed by atoms with Crippen LogP contribution < -0.4 is 15.9 Å². The standard InChI is InChI=1S/C18H15P.C7H12/c1-4-10-16(11-5-1)19(17-12-6-2-7-13-17)18-14-8-3-9-15-18;1-3-5-7-6-4-2/h1-15H;3,5,7H,1,4,6H2,2H3. The third kappa shape index (κ3) is 6.47. The first kappa shape index (κ1) is 19.9. The van der Waals surface area contributed by atoms with E-state index >= 15 is 0 Å². The molecule has 0 aliphatic carbocycles. The molecule has 3 rings (SSSR count). The van der Waals surface area contributed by atoms with E-state index in [1.807, 2.05) is 6.08 Å². The highest BCUT2D eigenvalue weighted by atomic mass is 31.1. The van der Waals surface area contributed by atoms with Crippen LogP contribution in [-0.2, 0) is 0 Å². The van der Waals surface area contributed by atoms with Crippen molar-refractivity contribution in [3.05, 3.63) is 116 Å². The van der Waals surface area contributed by atoms with Crippen molar-refractivity contribution in [1.82, 2.24) is 0 Å². The molecule has 0 fully saturated rings. The van der Waals surface area contributed by atoms with Crippen molar-refractivity contribution in [2.24, 2.45) is 0 Å². The van der Waals surface area contributed by atoms with E-state index in [9.17, 15) is 0 Å². The summed E-state index contributed by atoms with van der Waals surface area (Å²) in [6.07, 6.45) is 8.29. The Kier molecular flexibility index (Phi) is 9.19. The summed E-state index contributed by atoms with van der Waals surface area (Å²) in [4.78, 5) is 0. The van der Waals surface area contributed by atoms with E-state index in [1.165, 1.54) is 28.8 Å². The molecule has 132 valence electrons. The minimum atomic E-state index is -0.446. The van der Waals surface area contributed by atoms with E-state index in [0.717, 1.165) is 0 Å². The van der Waals surface area contributed by atoms with E-state index in [4.69, 9.17) is 0 Å². The van der Waals surface area contributed by atoms with Gasteiger partial charge in [-0.15, -0.1) is 0 Å². The van der Waals surface area contributed by atoms with Gasteiger partial charge in [-0.2, -0.15) is 0 Å². The van der Waals surface area contributed by atoms with Crippen LogP contribution in [-0.4, -0.2) is 0 Å². The lowest BCUT2D eigenvalue weighted by atomic mass is 10.3. The summed E-state index contributed by atoms with van der Waals surface area (Å²) in [5.74, 6) is 0. The maximum Gasteiger partial charge on any atom is -0.0134 e. The highest BCUT2D eigenvalue weighted by Gasteiger charge is 2.14. The average molecular weight is 358 g/mol. The molecule has 0 unspecified atom stereocenters. The number of rotatable bonds is 6. The molecule has 0 saturated heterocycles. The maximum absolute atomic E-state index is 3.55. The molecule has 0 aromatic heterocycles. The zero-order valence-electron chi connectivity index (χ0n) is 15.5. The molecular formula is C25H27P. The smallest absolute Gasteiger partial charge is 0.0134 e. The predicted octanol–water partition coefficient (Wildman–Crippen LogP) is 5.97. The number of allylic oxidation sites excluding steroid dienone is 3. The Hall–Kier alpha value is -2.43. The van der Waals surface area contributed by atoms with Crippen molar-refractivity contribution in [1.29, 1.82) is 0 Å². The van der Waals surface area contributed by atoms with Gasteiger partial charge < -0.3 is 0 Å². The van der Waals surface area contributed by atoms with Gasteiger partial charge in [0.15, 0.2) is 0 Å². The third-order valence-corrected chi connectivity index (χ3v) is 6.21. The molecule has 0 aliphatic heterocycles. The quantitative estimate of drug-likeness (QED) is 0.376. The summed E-state index contributed by atoms with van der Waals surface area (Å²) in [5.41, 5.74) is 0. The summed E-state index contributed by atoms with van der Waals surface area (Å²) in [5, 5.41) is 4.19. The van der Waals surface area contributed by atoms with Crippen molar-refractivity contribution >= 4 is 23.8 Å². The van der Waals surface area contributed by atoms with Crippen molar-refractivity contribution in [3.63, 3.8) is 0 Å². The van der Waals surface area contributed by atoms with Crippen LogP contribution in [0.15, 0.2) is 116 Å². The maximum atomic E-state index is 3.55. The van der Waals surface area contributed by atoms with E-state index in [2.05, 4.69) is 111 Å². The average Bonchev–Trinajstić information content (AvgIpc) is 2.72. The molecule has 0 aliphatic rings. The SMILES string of the molecule is C=CC=CCCC.c1ccc(P(c2ccccc2)c2ccccc2)cc1. The largest absolute Gasteiger partial charge is 0.0991 e. The predicted molar refractivity (Wildman–Crippen MR) is 119 cm³/mol. The van der Waals surface area contributed by atoms with Crippen LogP contribution in [0.5, 0.6) is 0 Å². The number of benzene rings is 3. The van der Waals surface area contributed by atoms with Crippen LogP contribution in [0.4, 0.5) is 0 Å².